The highest BCUT2D eigenvalue weighted by atomic mass is 16.9. The predicted molar refractivity (Wildman–Crippen MR) is 108 cm³/mol. The van der Waals surface area contributed by atoms with Crippen LogP contribution in [-0.4, -0.2) is 33.4 Å². The van der Waals surface area contributed by atoms with Crippen molar-refractivity contribution in [1.29, 1.82) is 0 Å². The zero-order valence-corrected chi connectivity index (χ0v) is 17.3. The smallest absolute Gasteiger partial charge is 0.234 e. The summed E-state index contributed by atoms with van der Waals surface area (Å²) in [5.41, 5.74) is 2.54. The average molecular weight is 494 g/mol. The molecule has 0 saturated carbocycles. The van der Waals surface area contributed by atoms with Crippen molar-refractivity contribution in [1.82, 2.24) is 0 Å². The lowest BCUT2D eigenvalue weighted by Gasteiger charge is -1.98. The van der Waals surface area contributed by atoms with Crippen molar-refractivity contribution >= 4 is 0 Å². The summed E-state index contributed by atoms with van der Waals surface area (Å²) < 4.78 is 0. The summed E-state index contributed by atoms with van der Waals surface area (Å²) >= 11 is 0. The van der Waals surface area contributed by atoms with Crippen LogP contribution < -0.4 is 20.6 Å². The number of hydrogen-bond donors (Lipinski definition) is 2. The first-order valence-electron chi connectivity index (χ1n) is 8.69. The lowest BCUT2D eigenvalue weighted by atomic mass is 10.3. The standard InChI is InChI=1S/C14H18N4.4NO3/c1-3-7-17-13(5-1)11-15-9-10-16-12-14-6-2-4-8-18-14;4*2-1(3)4/h1-8,15-16H,9-12H2;;;;/q;4*-1/p+4. The van der Waals surface area contributed by atoms with Crippen molar-refractivity contribution in [2.45, 2.75) is 13.1 Å². The molecule has 0 aliphatic rings. The Morgan fingerprint density at radius 1 is 0.559 bits per heavy atom. The molecular formula is C14H22N8O12. The molecule has 0 spiro atoms. The Hall–Kier alpha value is -4.98. The molecule has 0 aromatic carbocycles. The molecule has 0 unspecified atom stereocenters. The highest BCUT2D eigenvalue weighted by Gasteiger charge is 2.03. The maximum absolute atomic E-state index is 8.25. The Morgan fingerprint density at radius 3 is 1.03 bits per heavy atom. The van der Waals surface area contributed by atoms with E-state index in [-0.39, 0.29) is 0 Å². The Labute approximate surface area is 189 Å². The van der Waals surface area contributed by atoms with Crippen LogP contribution in [0.25, 0.3) is 0 Å². The molecule has 0 radical (unpaired) electrons. The van der Waals surface area contributed by atoms with Gasteiger partial charge < -0.3 is 71.9 Å². The van der Waals surface area contributed by atoms with E-state index < -0.39 is 20.3 Å². The maximum Gasteiger partial charge on any atom is 0.234 e. The van der Waals surface area contributed by atoms with Crippen LogP contribution >= 0.6 is 0 Å². The second-order valence-corrected chi connectivity index (χ2v) is 5.23. The zero-order chi connectivity index (χ0) is 26.8. The van der Waals surface area contributed by atoms with E-state index in [9.17, 15) is 0 Å². The van der Waals surface area contributed by atoms with E-state index in [0.717, 1.165) is 26.2 Å². The molecule has 0 aliphatic heterocycles. The summed E-state index contributed by atoms with van der Waals surface area (Å²) in [4.78, 5) is 39.5. The Bertz CT molecular complexity index is 692. The third-order valence-corrected chi connectivity index (χ3v) is 2.85. The minimum atomic E-state index is -1.75. The second kappa shape index (κ2) is 24.3. The molecule has 0 saturated heterocycles. The SMILES string of the molecule is O=[N+]([O-])[O-].O=[N+]([O-])[O-].O=[N+]([O-])[O-].O=[N+]([O-])[O-].c1ccc(C[NH2+]CC[NH2+]Cc2cccc[nH+]2)[nH+]c1. The van der Waals surface area contributed by atoms with E-state index in [4.69, 9.17) is 61.3 Å². The maximum atomic E-state index is 8.25. The molecule has 0 atom stereocenters. The first-order valence-corrected chi connectivity index (χ1v) is 8.69. The van der Waals surface area contributed by atoms with Crippen molar-refractivity contribution in [3.8, 4) is 0 Å². The number of nitrogens with two attached hydrogens (primary N) is 2. The van der Waals surface area contributed by atoms with Crippen LogP contribution in [0, 0.1) is 61.3 Å². The molecule has 0 aliphatic carbocycles. The number of nitrogens with zero attached hydrogens (tertiary/aromatic N) is 4. The number of rotatable bonds is 7. The minimum Gasteiger partial charge on any atom is -0.356 e. The first-order chi connectivity index (χ1) is 15.9. The van der Waals surface area contributed by atoms with Gasteiger partial charge in [-0.3, -0.25) is 0 Å². The van der Waals surface area contributed by atoms with Crippen LogP contribution in [0.2, 0.25) is 0 Å². The van der Waals surface area contributed by atoms with Gasteiger partial charge in [-0.25, -0.2) is 9.97 Å². The van der Waals surface area contributed by atoms with Gasteiger partial charge in [0.2, 0.25) is 11.4 Å². The first kappa shape index (κ1) is 33.7. The van der Waals surface area contributed by atoms with Gasteiger partial charge in [0.1, 0.15) is 13.1 Å². The van der Waals surface area contributed by atoms with Crippen LogP contribution in [0.3, 0.4) is 0 Å². The molecule has 0 bridgehead atoms. The van der Waals surface area contributed by atoms with Crippen LogP contribution in [-0.2, 0) is 13.1 Å². The van der Waals surface area contributed by atoms with E-state index in [1.165, 1.54) is 11.4 Å². The van der Waals surface area contributed by atoms with E-state index >= 15 is 0 Å². The van der Waals surface area contributed by atoms with Crippen LogP contribution in [0.5, 0.6) is 0 Å². The van der Waals surface area contributed by atoms with Gasteiger partial charge in [-0.05, 0) is 12.1 Å². The number of quaternary nitrogens is 2. The summed E-state index contributed by atoms with van der Waals surface area (Å²) in [5.74, 6) is 0. The Kier molecular flexibility index (Phi) is 24.0. The fraction of sp³-hybridized carbons (Fsp3) is 0.286. The van der Waals surface area contributed by atoms with E-state index in [0.29, 0.717) is 0 Å². The summed E-state index contributed by atoms with van der Waals surface area (Å²) in [5, 5.41) is 63.7. The summed E-state index contributed by atoms with van der Waals surface area (Å²) in [7, 11) is 0. The minimum absolute atomic E-state index is 1.02. The average Bonchev–Trinajstić information content (AvgIpc) is 2.70. The molecule has 190 valence electrons. The normalized spacial score (nSPS) is 8.35. The second-order valence-electron chi connectivity index (χ2n) is 5.23. The molecule has 0 fully saturated rings. The molecule has 2 heterocycles. The quantitative estimate of drug-likeness (QED) is 0.223. The van der Waals surface area contributed by atoms with Gasteiger partial charge >= 0.3 is 0 Å². The fourth-order valence-electron chi connectivity index (χ4n) is 1.87. The molecule has 2 aromatic heterocycles. The molecule has 6 N–H and O–H groups in total. The number of H-pyrrole nitrogens is 2. The molecule has 20 nitrogen and oxygen atoms in total. The van der Waals surface area contributed by atoms with Gasteiger partial charge in [0.05, 0.1) is 20.3 Å². The lowest BCUT2D eigenvalue weighted by Crippen LogP contribution is -2.93. The van der Waals surface area contributed by atoms with Crippen molar-refractivity contribution < 1.29 is 40.9 Å². The molecule has 2 rings (SSSR count). The fourth-order valence-corrected chi connectivity index (χ4v) is 1.87. The predicted octanol–water partition coefficient (Wildman–Crippen LogP) is -2.81. The van der Waals surface area contributed by atoms with E-state index in [1.807, 2.05) is 24.5 Å². The number of hydrogen-bond acceptors (Lipinski definition) is 12. The largest absolute Gasteiger partial charge is 0.356 e. The Balaban J connectivity index is -0.000000492. The highest BCUT2D eigenvalue weighted by Crippen LogP contribution is 1.83. The van der Waals surface area contributed by atoms with Gasteiger partial charge in [0.15, 0.2) is 25.5 Å². The Morgan fingerprint density at radius 2 is 0.824 bits per heavy atom. The van der Waals surface area contributed by atoms with Gasteiger partial charge in [-0.1, -0.05) is 0 Å². The molecule has 2 aromatic rings. The number of aromatic amines is 2. The highest BCUT2D eigenvalue weighted by molar-refractivity contribution is 4.94. The number of aromatic nitrogens is 2. The number of nitrogens with one attached hydrogen (secondary N) is 2. The van der Waals surface area contributed by atoms with Gasteiger partial charge in [-0.2, -0.15) is 0 Å². The summed E-state index contributed by atoms with van der Waals surface area (Å²) in [6.45, 7) is 4.31. The monoisotopic (exact) mass is 494 g/mol. The third-order valence-electron chi connectivity index (χ3n) is 2.85. The topological polar surface area (TPSA) is 326 Å². The van der Waals surface area contributed by atoms with Gasteiger partial charge in [0, 0.05) is 24.3 Å². The summed E-state index contributed by atoms with van der Waals surface area (Å²) in [6, 6.07) is 12.4. The van der Waals surface area contributed by atoms with E-state index in [1.54, 1.807) is 0 Å². The van der Waals surface area contributed by atoms with Gasteiger partial charge in [0.25, 0.3) is 0 Å². The third kappa shape index (κ3) is 45.6. The van der Waals surface area contributed by atoms with Gasteiger partial charge in [-0.15, -0.1) is 0 Å². The summed E-state index contributed by atoms with van der Waals surface area (Å²) in [6.07, 6.45) is 3.95. The molecule has 34 heavy (non-hydrogen) atoms. The van der Waals surface area contributed by atoms with Crippen LogP contribution in [0.4, 0.5) is 0 Å². The van der Waals surface area contributed by atoms with E-state index in [2.05, 4.69) is 44.9 Å². The van der Waals surface area contributed by atoms with Crippen molar-refractivity contribution in [3.63, 3.8) is 0 Å². The number of pyridine rings is 2. The van der Waals surface area contributed by atoms with Crippen molar-refractivity contribution in [2.24, 2.45) is 0 Å². The van der Waals surface area contributed by atoms with Crippen LogP contribution in [0.15, 0.2) is 48.8 Å². The molecule has 0 amide bonds. The van der Waals surface area contributed by atoms with Crippen molar-refractivity contribution in [3.05, 3.63) is 121 Å². The molecular weight excluding hydrogens is 472 g/mol. The van der Waals surface area contributed by atoms with Crippen LogP contribution in [0.1, 0.15) is 11.4 Å². The molecule has 20 heteroatoms. The van der Waals surface area contributed by atoms with Crippen molar-refractivity contribution in [2.75, 3.05) is 13.1 Å². The lowest BCUT2D eigenvalue weighted by molar-refractivity contribution is -0.746. The zero-order valence-electron chi connectivity index (χ0n) is 17.3.